The number of methoxy groups -OCH3 is 2. The largest absolute Gasteiger partial charge is 0.496 e. The summed E-state index contributed by atoms with van der Waals surface area (Å²) in [6.45, 7) is 2.18. The molecule has 2 heteroatoms. The van der Waals surface area contributed by atoms with Crippen LogP contribution in [0.25, 0.3) is 0 Å². The van der Waals surface area contributed by atoms with Crippen molar-refractivity contribution < 1.29 is 9.47 Å². The fraction of sp³-hybridized carbons (Fsp3) is 0.500. The lowest BCUT2D eigenvalue weighted by molar-refractivity contribution is 0.397. The zero-order valence-corrected chi connectivity index (χ0v) is 9.09. The van der Waals surface area contributed by atoms with Crippen LogP contribution < -0.4 is 9.47 Å². The Morgan fingerprint density at radius 1 is 1.29 bits per heavy atom. The predicted octanol–water partition coefficient (Wildman–Crippen LogP) is 2.85. The molecule has 0 unspecified atom stereocenters. The highest BCUT2D eigenvalue weighted by Gasteiger charge is 2.04. The highest BCUT2D eigenvalue weighted by Crippen LogP contribution is 2.24. The Morgan fingerprint density at radius 3 is 2.64 bits per heavy atom. The van der Waals surface area contributed by atoms with Crippen molar-refractivity contribution in [3.63, 3.8) is 0 Å². The van der Waals surface area contributed by atoms with Crippen molar-refractivity contribution in [3.05, 3.63) is 23.8 Å². The summed E-state index contributed by atoms with van der Waals surface area (Å²) in [4.78, 5) is 0. The van der Waals surface area contributed by atoms with Gasteiger partial charge in [0.1, 0.15) is 11.5 Å². The monoisotopic (exact) mass is 193 g/mol. The highest BCUT2D eigenvalue weighted by atomic mass is 16.5. The molecule has 0 fully saturated rings. The summed E-state index contributed by atoms with van der Waals surface area (Å²) in [5, 5.41) is 0. The minimum atomic E-state index is 0.775. The van der Waals surface area contributed by atoms with Gasteiger partial charge in [-0.25, -0.2) is 0 Å². The summed E-state index contributed by atoms with van der Waals surface area (Å²) in [5.74, 6) is 1.68. The third kappa shape index (κ3) is 2.66. The number of aryl methyl sites for hydroxylation is 1. The van der Waals surface area contributed by atoms with E-state index in [1.807, 2.05) is 12.1 Å². The van der Waals surface area contributed by atoms with Crippen LogP contribution in [0.2, 0.25) is 0 Å². The molecule has 1 radical (unpaired) electrons. The van der Waals surface area contributed by atoms with Crippen molar-refractivity contribution in [2.45, 2.75) is 26.2 Å². The Kier molecular flexibility index (Phi) is 4.30. The van der Waals surface area contributed by atoms with Crippen molar-refractivity contribution in [2.75, 3.05) is 14.2 Å². The molecule has 0 heterocycles. The van der Waals surface area contributed by atoms with Crippen LogP contribution in [-0.4, -0.2) is 14.2 Å². The van der Waals surface area contributed by atoms with E-state index in [0.717, 1.165) is 17.9 Å². The third-order valence-corrected chi connectivity index (χ3v) is 2.21. The second-order valence-electron chi connectivity index (χ2n) is 3.20. The third-order valence-electron chi connectivity index (χ3n) is 2.21. The predicted molar refractivity (Wildman–Crippen MR) is 57.0 cm³/mol. The summed E-state index contributed by atoms with van der Waals surface area (Å²) >= 11 is 0. The number of rotatable bonds is 5. The zero-order chi connectivity index (χ0) is 10.4. The average molecular weight is 193 g/mol. The van der Waals surface area contributed by atoms with E-state index >= 15 is 0 Å². The standard InChI is InChI=1S/C12H17O2/c1-4-5-6-10-9-11(13-2)7-8-12(10)14-3/h8-9H,4-6H2,1-3H3. The van der Waals surface area contributed by atoms with Crippen LogP contribution in [0, 0.1) is 6.07 Å². The Bertz CT molecular complexity index is 282. The number of hydrogen-bond acceptors (Lipinski definition) is 2. The van der Waals surface area contributed by atoms with Gasteiger partial charge in [0.2, 0.25) is 0 Å². The van der Waals surface area contributed by atoms with E-state index in [4.69, 9.17) is 9.47 Å². The molecule has 1 rings (SSSR count). The fourth-order valence-electron chi connectivity index (χ4n) is 1.37. The van der Waals surface area contributed by atoms with E-state index in [0.29, 0.717) is 0 Å². The molecule has 1 aromatic carbocycles. The molecular formula is C12H17O2. The van der Waals surface area contributed by atoms with Gasteiger partial charge in [-0.15, -0.1) is 0 Å². The van der Waals surface area contributed by atoms with Gasteiger partial charge in [-0.1, -0.05) is 13.3 Å². The van der Waals surface area contributed by atoms with Crippen LogP contribution in [0.4, 0.5) is 0 Å². The van der Waals surface area contributed by atoms with Gasteiger partial charge < -0.3 is 9.47 Å². The Labute approximate surface area is 85.8 Å². The quantitative estimate of drug-likeness (QED) is 0.716. The van der Waals surface area contributed by atoms with Crippen LogP contribution in [0.5, 0.6) is 11.5 Å². The molecule has 0 amide bonds. The number of hydrogen-bond donors (Lipinski definition) is 0. The molecule has 77 valence electrons. The van der Waals surface area contributed by atoms with Gasteiger partial charge >= 0.3 is 0 Å². The molecule has 0 saturated heterocycles. The van der Waals surface area contributed by atoms with Gasteiger partial charge in [0.25, 0.3) is 0 Å². The van der Waals surface area contributed by atoms with Crippen LogP contribution in [0.15, 0.2) is 12.1 Å². The summed E-state index contributed by atoms with van der Waals surface area (Å²) in [7, 11) is 3.34. The van der Waals surface area contributed by atoms with Gasteiger partial charge in [-0.2, -0.15) is 0 Å². The van der Waals surface area contributed by atoms with Gasteiger partial charge in [0.05, 0.1) is 14.2 Å². The zero-order valence-electron chi connectivity index (χ0n) is 9.09. The average Bonchev–Trinajstić information content (AvgIpc) is 2.25. The first-order valence-electron chi connectivity index (χ1n) is 4.94. The first kappa shape index (κ1) is 10.9. The maximum atomic E-state index is 5.26. The van der Waals surface area contributed by atoms with Crippen LogP contribution in [0.3, 0.4) is 0 Å². The molecular weight excluding hydrogens is 176 g/mol. The van der Waals surface area contributed by atoms with E-state index in [-0.39, 0.29) is 0 Å². The maximum absolute atomic E-state index is 5.26. The molecule has 0 aliphatic heterocycles. The SMILES string of the molecule is CCCCc1cc(OC)[c]cc1OC. The fourth-order valence-corrected chi connectivity index (χ4v) is 1.37. The molecule has 0 spiro atoms. The lowest BCUT2D eigenvalue weighted by Crippen LogP contribution is -1.94. The minimum Gasteiger partial charge on any atom is -0.496 e. The second-order valence-corrected chi connectivity index (χ2v) is 3.20. The Hall–Kier alpha value is -1.18. The van der Waals surface area contributed by atoms with Crippen LogP contribution in [-0.2, 0) is 6.42 Å². The smallest absolute Gasteiger partial charge is 0.127 e. The van der Waals surface area contributed by atoms with E-state index in [2.05, 4.69) is 13.0 Å². The van der Waals surface area contributed by atoms with E-state index < -0.39 is 0 Å². The lowest BCUT2D eigenvalue weighted by atomic mass is 10.1. The van der Waals surface area contributed by atoms with Crippen molar-refractivity contribution in [2.24, 2.45) is 0 Å². The molecule has 2 nitrogen and oxygen atoms in total. The van der Waals surface area contributed by atoms with Gasteiger partial charge in [0.15, 0.2) is 0 Å². The summed E-state index contributed by atoms with van der Waals surface area (Å²) in [6, 6.07) is 6.84. The maximum Gasteiger partial charge on any atom is 0.127 e. The van der Waals surface area contributed by atoms with Crippen molar-refractivity contribution in [3.8, 4) is 11.5 Å². The molecule has 0 aromatic heterocycles. The molecule has 0 N–H and O–H groups in total. The minimum absolute atomic E-state index is 0.775. The number of benzene rings is 1. The summed E-state index contributed by atoms with van der Waals surface area (Å²) in [6.07, 6.45) is 3.39. The molecule has 0 aliphatic carbocycles. The molecule has 14 heavy (non-hydrogen) atoms. The second kappa shape index (κ2) is 5.53. The molecule has 1 aromatic rings. The first-order valence-corrected chi connectivity index (χ1v) is 4.94. The molecule has 0 saturated carbocycles. The first-order chi connectivity index (χ1) is 6.81. The van der Waals surface area contributed by atoms with E-state index in [9.17, 15) is 0 Å². The van der Waals surface area contributed by atoms with Gasteiger partial charge in [-0.05, 0) is 30.5 Å². The van der Waals surface area contributed by atoms with E-state index in [1.54, 1.807) is 14.2 Å². The van der Waals surface area contributed by atoms with Crippen molar-refractivity contribution in [1.82, 2.24) is 0 Å². The Balaban J connectivity index is 2.84. The number of unbranched alkanes of at least 4 members (excludes halogenated alkanes) is 1. The molecule has 0 aliphatic rings. The lowest BCUT2D eigenvalue weighted by Gasteiger charge is -2.09. The van der Waals surface area contributed by atoms with Crippen molar-refractivity contribution >= 4 is 0 Å². The van der Waals surface area contributed by atoms with Crippen LogP contribution >= 0.6 is 0 Å². The van der Waals surface area contributed by atoms with Crippen LogP contribution in [0.1, 0.15) is 25.3 Å². The van der Waals surface area contributed by atoms with E-state index in [1.165, 1.54) is 18.4 Å². The van der Waals surface area contributed by atoms with Gasteiger partial charge in [0, 0.05) is 6.07 Å². The summed E-state index contributed by atoms with van der Waals surface area (Å²) < 4.78 is 10.4. The molecule has 0 bridgehead atoms. The number of ether oxygens (including phenoxy) is 2. The topological polar surface area (TPSA) is 18.5 Å². The molecule has 0 atom stereocenters. The van der Waals surface area contributed by atoms with Gasteiger partial charge in [-0.3, -0.25) is 0 Å². The summed E-state index contributed by atoms with van der Waals surface area (Å²) in [5.41, 5.74) is 1.20. The Morgan fingerprint density at radius 2 is 2.07 bits per heavy atom. The normalized spacial score (nSPS) is 9.93. The van der Waals surface area contributed by atoms with Crippen molar-refractivity contribution in [1.29, 1.82) is 0 Å². The highest BCUT2D eigenvalue weighted by molar-refractivity contribution is 5.39.